The lowest BCUT2D eigenvalue weighted by atomic mass is 9.98. The van der Waals surface area contributed by atoms with Gasteiger partial charge in [0.1, 0.15) is 24.2 Å². The molecule has 0 aliphatic carbocycles. The van der Waals surface area contributed by atoms with E-state index in [0.29, 0.717) is 12.8 Å². The fourth-order valence-corrected chi connectivity index (χ4v) is 5.91. The summed E-state index contributed by atoms with van der Waals surface area (Å²) in [5.41, 5.74) is 1.56. The Labute approximate surface area is 262 Å². The molecule has 0 unspecified atom stereocenters. The van der Waals surface area contributed by atoms with Gasteiger partial charge in [0.15, 0.2) is 0 Å². The molecule has 3 heterocycles. The van der Waals surface area contributed by atoms with Gasteiger partial charge in [-0.25, -0.2) is 4.79 Å². The second-order valence-corrected chi connectivity index (χ2v) is 12.4. The number of nitrogens with one attached hydrogen (secondary N) is 5. The summed E-state index contributed by atoms with van der Waals surface area (Å²) in [5, 5.41) is 11.7. The lowest BCUT2D eigenvalue weighted by Crippen LogP contribution is -2.60. The largest absolute Gasteiger partial charge is 0.464 e. The van der Waals surface area contributed by atoms with E-state index in [-0.39, 0.29) is 37.8 Å². The molecule has 5 atom stereocenters. The van der Waals surface area contributed by atoms with Crippen LogP contribution in [0.25, 0.3) is 10.9 Å². The van der Waals surface area contributed by atoms with Gasteiger partial charge in [0, 0.05) is 30.1 Å². The van der Waals surface area contributed by atoms with Crippen LogP contribution in [-0.4, -0.2) is 88.7 Å². The molecule has 45 heavy (non-hydrogen) atoms. The topological polar surface area (TPSA) is 179 Å². The molecule has 13 heteroatoms. The van der Waals surface area contributed by atoms with Gasteiger partial charge in [-0.15, -0.1) is 0 Å². The van der Waals surface area contributed by atoms with Crippen molar-refractivity contribution in [3.05, 3.63) is 36.0 Å². The molecular weight excluding hydrogens is 580 g/mol. The van der Waals surface area contributed by atoms with Gasteiger partial charge in [0.2, 0.25) is 29.7 Å². The van der Waals surface area contributed by atoms with Crippen molar-refractivity contribution < 1.29 is 33.5 Å². The fraction of sp³-hybridized carbons (Fsp3) is 0.562. The Hall–Kier alpha value is -4.42. The summed E-state index contributed by atoms with van der Waals surface area (Å²) in [6.07, 6.45) is 2.82. The van der Waals surface area contributed by atoms with Crippen molar-refractivity contribution >= 4 is 46.4 Å². The van der Waals surface area contributed by atoms with E-state index in [1.54, 1.807) is 27.0 Å². The third kappa shape index (κ3) is 7.81. The van der Waals surface area contributed by atoms with E-state index in [0.717, 1.165) is 16.5 Å². The van der Waals surface area contributed by atoms with E-state index >= 15 is 0 Å². The number of H-pyrrole nitrogens is 1. The Kier molecular flexibility index (Phi) is 10.8. The average Bonchev–Trinajstić information content (AvgIpc) is 3.64. The number of hydrogen-bond donors (Lipinski definition) is 5. The molecule has 5 amide bonds. The summed E-state index contributed by atoms with van der Waals surface area (Å²) in [4.78, 5) is 86.2. The van der Waals surface area contributed by atoms with E-state index in [9.17, 15) is 28.8 Å². The Morgan fingerprint density at radius 2 is 1.60 bits per heavy atom. The number of rotatable bonds is 7. The zero-order chi connectivity index (χ0) is 32.8. The van der Waals surface area contributed by atoms with Crippen LogP contribution in [0.15, 0.2) is 30.5 Å². The first kappa shape index (κ1) is 33.5. The average molecular weight is 625 g/mol. The second kappa shape index (κ2) is 14.6. The molecule has 0 saturated carbocycles. The SMILES string of the molecule is CCOC(=O)[C@@H]1NC(=O)[C@@H](Cc2c[nH]c3ccccc23)NC(=O)[C@H](CC(C)C)NC(=O)[C@@H](C(C)C)NC(=O)[C@@H]2CCCN2C1=O. The van der Waals surface area contributed by atoms with E-state index in [2.05, 4.69) is 26.3 Å². The van der Waals surface area contributed by atoms with Crippen molar-refractivity contribution in [1.82, 2.24) is 31.2 Å². The lowest BCUT2D eigenvalue weighted by Gasteiger charge is -2.30. The number of esters is 1. The molecular formula is C32H44N6O7. The number of nitrogens with zero attached hydrogens (tertiary/aromatic N) is 1. The summed E-state index contributed by atoms with van der Waals surface area (Å²) < 4.78 is 5.16. The van der Waals surface area contributed by atoms with Crippen LogP contribution < -0.4 is 21.3 Å². The van der Waals surface area contributed by atoms with Crippen LogP contribution in [-0.2, 0) is 39.9 Å². The molecule has 0 radical (unpaired) electrons. The molecule has 244 valence electrons. The number of carbonyl (C=O) groups excluding carboxylic acids is 6. The van der Waals surface area contributed by atoms with Gasteiger partial charge in [-0.3, -0.25) is 24.0 Å². The van der Waals surface area contributed by atoms with Crippen molar-refractivity contribution in [3.8, 4) is 0 Å². The Morgan fingerprint density at radius 3 is 2.29 bits per heavy atom. The van der Waals surface area contributed by atoms with Gasteiger partial charge in [-0.2, -0.15) is 0 Å². The molecule has 2 aliphatic heterocycles. The summed E-state index contributed by atoms with van der Waals surface area (Å²) in [5.74, 6) is -4.62. The molecule has 2 aromatic rings. The molecule has 2 fully saturated rings. The van der Waals surface area contributed by atoms with Crippen molar-refractivity contribution in [1.29, 1.82) is 0 Å². The first-order chi connectivity index (χ1) is 21.4. The third-order valence-electron chi connectivity index (χ3n) is 8.21. The van der Waals surface area contributed by atoms with Crippen LogP contribution >= 0.6 is 0 Å². The van der Waals surface area contributed by atoms with Gasteiger partial charge in [-0.1, -0.05) is 45.9 Å². The highest BCUT2D eigenvalue weighted by atomic mass is 16.5. The monoisotopic (exact) mass is 624 g/mol. The van der Waals surface area contributed by atoms with Gasteiger partial charge in [-0.05, 0) is 49.7 Å². The number of para-hydroxylation sites is 1. The predicted molar refractivity (Wildman–Crippen MR) is 165 cm³/mol. The molecule has 2 saturated heterocycles. The third-order valence-corrected chi connectivity index (χ3v) is 8.21. The van der Waals surface area contributed by atoms with Crippen LogP contribution in [0.1, 0.15) is 59.4 Å². The first-order valence-electron chi connectivity index (χ1n) is 15.6. The van der Waals surface area contributed by atoms with Gasteiger partial charge < -0.3 is 35.9 Å². The number of amides is 5. The number of hydrogen-bond acceptors (Lipinski definition) is 7. The maximum Gasteiger partial charge on any atom is 0.338 e. The molecule has 4 rings (SSSR count). The van der Waals surface area contributed by atoms with Crippen molar-refractivity contribution in [3.63, 3.8) is 0 Å². The number of fused-ring (bicyclic) bond motifs is 2. The molecule has 0 spiro atoms. The quantitative estimate of drug-likeness (QED) is 0.225. The number of ether oxygens (including phenoxy) is 1. The zero-order valence-corrected chi connectivity index (χ0v) is 26.5. The molecule has 13 nitrogen and oxygen atoms in total. The highest BCUT2D eigenvalue weighted by Crippen LogP contribution is 2.22. The fourth-order valence-electron chi connectivity index (χ4n) is 5.91. The Bertz CT molecular complexity index is 1440. The zero-order valence-electron chi connectivity index (χ0n) is 26.5. The number of aromatic nitrogens is 1. The van der Waals surface area contributed by atoms with E-state index < -0.39 is 65.7 Å². The van der Waals surface area contributed by atoms with Crippen LogP contribution in [0.2, 0.25) is 0 Å². The summed E-state index contributed by atoms with van der Waals surface area (Å²) in [7, 11) is 0. The van der Waals surface area contributed by atoms with Crippen LogP contribution in [0, 0.1) is 11.8 Å². The van der Waals surface area contributed by atoms with Crippen molar-refractivity contribution in [2.24, 2.45) is 11.8 Å². The number of benzene rings is 1. The Morgan fingerprint density at radius 1 is 0.911 bits per heavy atom. The van der Waals surface area contributed by atoms with E-state index in [1.807, 2.05) is 38.1 Å². The van der Waals surface area contributed by atoms with E-state index in [4.69, 9.17) is 4.74 Å². The summed E-state index contributed by atoms with van der Waals surface area (Å²) >= 11 is 0. The lowest BCUT2D eigenvalue weighted by molar-refractivity contribution is -0.155. The minimum atomic E-state index is -1.74. The highest BCUT2D eigenvalue weighted by Gasteiger charge is 2.43. The maximum atomic E-state index is 13.9. The number of aromatic amines is 1. The smallest absolute Gasteiger partial charge is 0.338 e. The normalized spacial score (nSPS) is 25.3. The molecule has 5 N–H and O–H groups in total. The minimum Gasteiger partial charge on any atom is -0.464 e. The van der Waals surface area contributed by atoms with Crippen LogP contribution in [0.4, 0.5) is 0 Å². The maximum absolute atomic E-state index is 13.9. The molecule has 2 aliphatic rings. The minimum absolute atomic E-state index is 0.00557. The second-order valence-electron chi connectivity index (χ2n) is 12.4. The van der Waals surface area contributed by atoms with Crippen molar-refractivity contribution in [2.75, 3.05) is 13.2 Å². The van der Waals surface area contributed by atoms with E-state index in [1.165, 1.54) is 4.90 Å². The predicted octanol–water partition coefficient (Wildman–Crippen LogP) is 0.919. The highest BCUT2D eigenvalue weighted by molar-refractivity contribution is 6.07. The summed E-state index contributed by atoms with van der Waals surface area (Å²) in [6, 6.07) is 1.53. The molecule has 0 bridgehead atoms. The summed E-state index contributed by atoms with van der Waals surface area (Å²) in [6.45, 7) is 9.04. The van der Waals surface area contributed by atoms with Gasteiger partial charge in [0.05, 0.1) is 6.61 Å². The van der Waals surface area contributed by atoms with Crippen LogP contribution in [0.3, 0.4) is 0 Å². The standard InChI is InChI=1S/C32H44N6O7/c1-6-45-32(44)26-31(43)38-13-9-12-24(38)29(41)36-25(18(4)5)30(42)35-22(14-17(2)3)27(39)34-23(28(40)37-26)15-19-16-33-21-11-8-7-10-20(19)21/h7-8,10-11,16-18,22-26,33H,6,9,12-15H2,1-5H3,(H,34,39)(H,35,42)(H,36,41)(H,37,40)/t22-,23+,24-,25+,26+/m0/s1. The van der Waals surface area contributed by atoms with Crippen LogP contribution in [0.5, 0.6) is 0 Å². The molecule has 1 aromatic carbocycles. The first-order valence-corrected chi connectivity index (χ1v) is 15.6. The number of carbonyl (C=O) groups is 6. The van der Waals surface area contributed by atoms with Gasteiger partial charge in [0.25, 0.3) is 5.91 Å². The van der Waals surface area contributed by atoms with Gasteiger partial charge >= 0.3 is 5.97 Å². The van der Waals surface area contributed by atoms with Crippen molar-refractivity contribution in [2.45, 2.75) is 90.5 Å². The Balaban J connectivity index is 1.78. The molecule has 1 aromatic heterocycles.